The van der Waals surface area contributed by atoms with Crippen molar-refractivity contribution in [3.63, 3.8) is 0 Å². The quantitative estimate of drug-likeness (QED) is 0.698. The van der Waals surface area contributed by atoms with E-state index < -0.39 is 0 Å². The maximum atomic E-state index is 12.0. The molecule has 2 nitrogen and oxygen atoms in total. The molecule has 2 aromatic rings. The zero-order valence-corrected chi connectivity index (χ0v) is 14.0. The minimum Gasteiger partial charge on any atom is -0.321 e. The van der Waals surface area contributed by atoms with Crippen LogP contribution in [0.2, 0.25) is 5.02 Å². The average molecular weight is 410 g/mol. The third kappa shape index (κ3) is 3.15. The van der Waals surface area contributed by atoms with Crippen LogP contribution in [0.25, 0.3) is 0 Å². The van der Waals surface area contributed by atoms with Crippen molar-refractivity contribution in [1.29, 1.82) is 0 Å². The lowest BCUT2D eigenvalue weighted by molar-refractivity contribution is 0.103. The number of hydrogen-bond acceptors (Lipinski definition) is 2. The Bertz CT molecular complexity index is 593. The summed E-state index contributed by atoms with van der Waals surface area (Å²) in [7, 11) is 0. The SMILES string of the molecule is Cc1cc(C(=O)Nc2ccc(Cl)c(Br)c2)sc1Br. The second kappa shape index (κ2) is 5.74. The van der Waals surface area contributed by atoms with Crippen LogP contribution in [-0.4, -0.2) is 5.91 Å². The molecule has 0 atom stereocenters. The van der Waals surface area contributed by atoms with Crippen LogP contribution in [0.1, 0.15) is 15.2 Å². The number of carbonyl (C=O) groups excluding carboxylic acids is 1. The van der Waals surface area contributed by atoms with Gasteiger partial charge in [0.2, 0.25) is 0 Å². The van der Waals surface area contributed by atoms with Crippen LogP contribution in [0.5, 0.6) is 0 Å². The fourth-order valence-corrected chi connectivity index (χ4v) is 3.26. The molecule has 0 saturated carbocycles. The van der Waals surface area contributed by atoms with E-state index in [2.05, 4.69) is 37.2 Å². The van der Waals surface area contributed by atoms with Crippen molar-refractivity contribution in [1.82, 2.24) is 0 Å². The number of hydrogen-bond donors (Lipinski definition) is 1. The Kier molecular flexibility index (Phi) is 4.48. The molecule has 1 aromatic carbocycles. The summed E-state index contributed by atoms with van der Waals surface area (Å²) in [5.74, 6) is -0.122. The smallest absolute Gasteiger partial charge is 0.265 e. The Morgan fingerprint density at radius 1 is 1.33 bits per heavy atom. The van der Waals surface area contributed by atoms with E-state index in [1.165, 1.54) is 11.3 Å². The molecule has 0 aliphatic carbocycles. The molecule has 94 valence electrons. The highest BCUT2D eigenvalue weighted by atomic mass is 79.9. The number of benzene rings is 1. The highest BCUT2D eigenvalue weighted by Gasteiger charge is 2.11. The van der Waals surface area contributed by atoms with Crippen LogP contribution >= 0.6 is 54.8 Å². The molecule has 1 heterocycles. The van der Waals surface area contributed by atoms with Crippen molar-refractivity contribution < 1.29 is 4.79 Å². The predicted octanol–water partition coefficient (Wildman–Crippen LogP) is 5.49. The zero-order valence-electron chi connectivity index (χ0n) is 9.26. The van der Waals surface area contributed by atoms with Gasteiger partial charge >= 0.3 is 0 Å². The highest BCUT2D eigenvalue weighted by molar-refractivity contribution is 9.11. The van der Waals surface area contributed by atoms with Gasteiger partial charge in [0.1, 0.15) is 0 Å². The molecule has 0 saturated heterocycles. The van der Waals surface area contributed by atoms with Gasteiger partial charge in [0.15, 0.2) is 0 Å². The molecule has 0 aliphatic rings. The van der Waals surface area contributed by atoms with E-state index in [1.807, 2.05) is 13.0 Å². The largest absolute Gasteiger partial charge is 0.321 e. The minimum atomic E-state index is -0.122. The van der Waals surface area contributed by atoms with Gasteiger partial charge in [-0.3, -0.25) is 4.79 Å². The lowest BCUT2D eigenvalue weighted by Crippen LogP contribution is -2.09. The third-order valence-corrected chi connectivity index (χ3v) is 5.61. The lowest BCUT2D eigenvalue weighted by Gasteiger charge is -2.04. The fourth-order valence-electron chi connectivity index (χ4n) is 1.34. The summed E-state index contributed by atoms with van der Waals surface area (Å²) in [5.41, 5.74) is 1.76. The van der Waals surface area contributed by atoms with Crippen molar-refractivity contribution in [2.75, 3.05) is 5.32 Å². The molecule has 0 radical (unpaired) electrons. The monoisotopic (exact) mass is 407 g/mol. The van der Waals surface area contributed by atoms with Crippen LogP contribution in [0, 0.1) is 6.92 Å². The van der Waals surface area contributed by atoms with Crippen molar-refractivity contribution in [2.24, 2.45) is 0 Å². The zero-order chi connectivity index (χ0) is 13.3. The summed E-state index contributed by atoms with van der Waals surface area (Å²) in [6, 6.07) is 7.13. The van der Waals surface area contributed by atoms with Crippen LogP contribution in [0.4, 0.5) is 5.69 Å². The normalized spacial score (nSPS) is 10.4. The number of halogens is 3. The van der Waals surface area contributed by atoms with E-state index in [9.17, 15) is 4.79 Å². The topological polar surface area (TPSA) is 29.1 Å². The first-order chi connectivity index (χ1) is 8.47. The van der Waals surface area contributed by atoms with Crippen LogP contribution < -0.4 is 5.32 Å². The maximum Gasteiger partial charge on any atom is 0.265 e. The number of rotatable bonds is 2. The number of carbonyl (C=O) groups is 1. The number of amides is 1. The van der Waals surface area contributed by atoms with Gasteiger partial charge in [-0.2, -0.15) is 0 Å². The first-order valence-corrected chi connectivity index (χ1v) is 7.78. The third-order valence-electron chi connectivity index (χ3n) is 2.26. The number of nitrogens with one attached hydrogen (secondary N) is 1. The van der Waals surface area contributed by atoms with E-state index >= 15 is 0 Å². The van der Waals surface area contributed by atoms with Gasteiger partial charge in [0.05, 0.1) is 13.7 Å². The molecule has 0 aliphatic heterocycles. The number of anilines is 1. The van der Waals surface area contributed by atoms with E-state index in [0.717, 1.165) is 13.8 Å². The first-order valence-electron chi connectivity index (χ1n) is 4.99. The Balaban J connectivity index is 2.18. The molecule has 0 unspecified atom stereocenters. The van der Waals surface area contributed by atoms with Crippen LogP contribution in [-0.2, 0) is 0 Å². The summed E-state index contributed by atoms with van der Waals surface area (Å²) in [6.07, 6.45) is 0. The van der Waals surface area contributed by atoms with E-state index in [4.69, 9.17) is 11.6 Å². The molecule has 18 heavy (non-hydrogen) atoms. The van der Waals surface area contributed by atoms with Crippen molar-refractivity contribution in [3.8, 4) is 0 Å². The summed E-state index contributed by atoms with van der Waals surface area (Å²) >= 11 is 14.0. The Labute approximate surface area is 131 Å². The number of thiophene rings is 1. The van der Waals surface area contributed by atoms with Gasteiger partial charge in [0.25, 0.3) is 5.91 Å². The molecule has 0 spiro atoms. The Hall–Kier alpha value is -0.360. The molecule has 0 fully saturated rings. The molecule has 1 amide bonds. The average Bonchev–Trinajstić information content (AvgIpc) is 2.65. The minimum absolute atomic E-state index is 0.122. The lowest BCUT2D eigenvalue weighted by atomic mass is 10.3. The molecular weight excluding hydrogens is 401 g/mol. The summed E-state index contributed by atoms with van der Waals surface area (Å²) in [4.78, 5) is 12.7. The molecular formula is C12H8Br2ClNOS. The van der Waals surface area contributed by atoms with Crippen LogP contribution in [0.3, 0.4) is 0 Å². The fraction of sp³-hybridized carbons (Fsp3) is 0.0833. The first kappa shape index (κ1) is 14.1. The van der Waals surface area contributed by atoms with Gasteiger partial charge in [-0.05, 0) is 68.6 Å². The van der Waals surface area contributed by atoms with Gasteiger partial charge in [-0.1, -0.05) is 11.6 Å². The van der Waals surface area contributed by atoms with E-state index in [0.29, 0.717) is 15.6 Å². The van der Waals surface area contributed by atoms with Gasteiger partial charge in [-0.15, -0.1) is 11.3 Å². The Morgan fingerprint density at radius 3 is 2.61 bits per heavy atom. The summed E-state index contributed by atoms with van der Waals surface area (Å²) in [5, 5.41) is 3.44. The second-order valence-corrected chi connectivity index (χ2v) is 7.28. The van der Waals surface area contributed by atoms with Crippen molar-refractivity contribution >= 4 is 66.4 Å². The standard InChI is InChI=1S/C12H8Br2ClNOS/c1-6-4-10(18-11(6)14)12(17)16-7-2-3-9(15)8(13)5-7/h2-5H,1H3,(H,16,17). The highest BCUT2D eigenvalue weighted by Crippen LogP contribution is 2.29. The number of aryl methyl sites for hydroxylation is 1. The summed E-state index contributed by atoms with van der Waals surface area (Å²) < 4.78 is 1.73. The molecule has 2 rings (SSSR count). The molecule has 1 aromatic heterocycles. The molecule has 6 heteroatoms. The molecule has 1 N–H and O–H groups in total. The van der Waals surface area contributed by atoms with Crippen molar-refractivity contribution in [3.05, 3.63) is 48.0 Å². The van der Waals surface area contributed by atoms with Crippen molar-refractivity contribution in [2.45, 2.75) is 6.92 Å². The predicted molar refractivity (Wildman–Crippen MR) is 83.9 cm³/mol. The van der Waals surface area contributed by atoms with Gasteiger partial charge in [-0.25, -0.2) is 0 Å². The van der Waals surface area contributed by atoms with E-state index in [1.54, 1.807) is 18.2 Å². The van der Waals surface area contributed by atoms with E-state index in [-0.39, 0.29) is 5.91 Å². The Morgan fingerprint density at radius 2 is 2.06 bits per heavy atom. The maximum absolute atomic E-state index is 12.0. The molecule has 0 bridgehead atoms. The van der Waals surface area contributed by atoms with Crippen LogP contribution in [0.15, 0.2) is 32.5 Å². The second-order valence-electron chi connectivity index (χ2n) is 3.65. The van der Waals surface area contributed by atoms with Gasteiger partial charge in [0, 0.05) is 10.2 Å². The van der Waals surface area contributed by atoms with Gasteiger partial charge < -0.3 is 5.32 Å². The summed E-state index contributed by atoms with van der Waals surface area (Å²) in [6.45, 7) is 1.95.